The zero-order valence-corrected chi connectivity index (χ0v) is 13.9. The number of aromatic amines is 1. The highest BCUT2D eigenvalue weighted by atomic mass is 16.3. The van der Waals surface area contributed by atoms with Crippen LogP contribution in [-0.4, -0.2) is 57.3 Å². The van der Waals surface area contributed by atoms with Gasteiger partial charge in [0, 0.05) is 55.2 Å². The van der Waals surface area contributed by atoms with E-state index in [1.165, 1.54) is 11.1 Å². The number of aromatic nitrogens is 2. The summed E-state index contributed by atoms with van der Waals surface area (Å²) in [5.74, 6) is 0. The maximum atomic E-state index is 10.1. The van der Waals surface area contributed by atoms with Crippen LogP contribution in [0.15, 0.2) is 24.5 Å². The fourth-order valence-corrected chi connectivity index (χ4v) is 3.53. The van der Waals surface area contributed by atoms with E-state index in [1.807, 2.05) is 26.2 Å². The van der Waals surface area contributed by atoms with Crippen molar-refractivity contribution in [2.45, 2.75) is 45.4 Å². The van der Waals surface area contributed by atoms with E-state index in [-0.39, 0.29) is 0 Å². The predicted molar refractivity (Wildman–Crippen MR) is 90.2 cm³/mol. The number of nitrogens with one attached hydrogen (secondary N) is 1. The number of hydrogen-bond donors (Lipinski definition) is 2. The summed E-state index contributed by atoms with van der Waals surface area (Å²) in [4.78, 5) is 12.4. The van der Waals surface area contributed by atoms with Gasteiger partial charge in [-0.1, -0.05) is 0 Å². The molecule has 0 spiro atoms. The highest BCUT2D eigenvalue weighted by Crippen LogP contribution is 2.29. The van der Waals surface area contributed by atoms with E-state index in [1.54, 1.807) is 0 Å². The molecule has 0 aromatic carbocycles. The zero-order valence-electron chi connectivity index (χ0n) is 13.9. The van der Waals surface area contributed by atoms with Crippen molar-refractivity contribution in [1.29, 1.82) is 0 Å². The highest BCUT2D eigenvalue weighted by Gasteiger charge is 2.33. The van der Waals surface area contributed by atoms with Crippen LogP contribution in [0.3, 0.4) is 0 Å². The quantitative estimate of drug-likeness (QED) is 0.913. The number of aliphatic hydroxyl groups is 1. The molecular formula is C17H26N4O. The van der Waals surface area contributed by atoms with Crippen molar-refractivity contribution in [2.75, 3.05) is 24.5 Å². The minimum Gasteiger partial charge on any atom is -0.389 e. The van der Waals surface area contributed by atoms with Crippen LogP contribution < -0.4 is 4.90 Å². The van der Waals surface area contributed by atoms with Gasteiger partial charge in [0.25, 0.3) is 0 Å². The normalized spacial score (nSPS) is 24.1. The molecule has 1 fully saturated rings. The summed E-state index contributed by atoms with van der Waals surface area (Å²) in [7, 11) is 0. The second-order valence-electron chi connectivity index (χ2n) is 7.16. The lowest BCUT2D eigenvalue weighted by Gasteiger charge is -2.47. The largest absolute Gasteiger partial charge is 0.389 e. The fourth-order valence-electron chi connectivity index (χ4n) is 3.53. The van der Waals surface area contributed by atoms with E-state index < -0.39 is 5.60 Å². The third-order valence-corrected chi connectivity index (χ3v) is 4.45. The Morgan fingerprint density at radius 3 is 2.59 bits per heavy atom. The van der Waals surface area contributed by atoms with Crippen LogP contribution in [0.25, 0.3) is 11.0 Å². The first-order valence-corrected chi connectivity index (χ1v) is 8.00. The summed E-state index contributed by atoms with van der Waals surface area (Å²) in [6.07, 6.45) is 3.81. The lowest BCUT2D eigenvalue weighted by Crippen LogP contribution is -2.59. The molecule has 2 N–H and O–H groups in total. The molecule has 0 radical (unpaired) electrons. The molecular weight excluding hydrogens is 276 g/mol. The maximum absolute atomic E-state index is 10.1. The second-order valence-corrected chi connectivity index (χ2v) is 7.16. The molecule has 0 saturated carbocycles. The van der Waals surface area contributed by atoms with Crippen LogP contribution in [-0.2, 0) is 0 Å². The topological polar surface area (TPSA) is 55.4 Å². The smallest absolute Gasteiger partial charge is 0.139 e. The number of hydrogen-bond acceptors (Lipinski definition) is 4. The Kier molecular flexibility index (Phi) is 3.87. The maximum Gasteiger partial charge on any atom is 0.139 e. The summed E-state index contributed by atoms with van der Waals surface area (Å²) in [6.45, 7) is 10.9. The van der Waals surface area contributed by atoms with Crippen LogP contribution in [0, 0.1) is 0 Å². The Hall–Kier alpha value is -1.59. The third-order valence-electron chi connectivity index (χ3n) is 4.45. The fraction of sp³-hybridized carbons (Fsp3) is 0.588. The van der Waals surface area contributed by atoms with Gasteiger partial charge in [-0.3, -0.25) is 4.90 Å². The summed E-state index contributed by atoms with van der Waals surface area (Å²) in [6, 6.07) is 4.99. The number of rotatable bonds is 3. The van der Waals surface area contributed by atoms with Crippen molar-refractivity contribution >= 4 is 16.7 Å². The van der Waals surface area contributed by atoms with Crippen molar-refractivity contribution in [1.82, 2.24) is 14.9 Å². The molecule has 120 valence electrons. The van der Waals surface area contributed by atoms with Crippen molar-refractivity contribution in [2.24, 2.45) is 0 Å². The molecule has 5 nitrogen and oxygen atoms in total. The summed E-state index contributed by atoms with van der Waals surface area (Å²) >= 11 is 0. The summed E-state index contributed by atoms with van der Waals surface area (Å²) in [5.41, 5.74) is 1.53. The Balaban J connectivity index is 1.83. The van der Waals surface area contributed by atoms with Crippen molar-refractivity contribution < 1.29 is 5.11 Å². The molecule has 0 aliphatic carbocycles. The molecule has 3 rings (SSSR count). The first-order chi connectivity index (χ1) is 10.3. The van der Waals surface area contributed by atoms with Gasteiger partial charge in [0.2, 0.25) is 0 Å². The molecule has 5 heteroatoms. The van der Waals surface area contributed by atoms with E-state index in [2.05, 4.69) is 45.7 Å². The van der Waals surface area contributed by atoms with Crippen LogP contribution in [0.4, 0.5) is 5.69 Å². The van der Waals surface area contributed by atoms with E-state index in [0.29, 0.717) is 18.6 Å². The Labute approximate surface area is 131 Å². The zero-order chi connectivity index (χ0) is 15.9. The minimum absolute atomic E-state index is 0.400. The molecule has 2 aromatic rings. The number of anilines is 1. The summed E-state index contributed by atoms with van der Waals surface area (Å²) < 4.78 is 0. The molecule has 1 aliphatic heterocycles. The van der Waals surface area contributed by atoms with Gasteiger partial charge in [0.15, 0.2) is 0 Å². The monoisotopic (exact) mass is 302 g/mol. The number of fused-ring (bicyclic) bond motifs is 1. The van der Waals surface area contributed by atoms with Gasteiger partial charge in [0.05, 0.1) is 5.60 Å². The van der Waals surface area contributed by atoms with Gasteiger partial charge in [-0.05, 0) is 39.8 Å². The van der Waals surface area contributed by atoms with Crippen molar-refractivity contribution in [3.8, 4) is 0 Å². The van der Waals surface area contributed by atoms with E-state index in [9.17, 15) is 5.11 Å². The second kappa shape index (κ2) is 5.56. The minimum atomic E-state index is -0.657. The SMILES string of the molecule is C[C@@H]1CN(c2ccnc3[nH]ccc23)C[C@H](C)N1CC(C)(C)O. The van der Waals surface area contributed by atoms with Crippen LogP contribution >= 0.6 is 0 Å². The van der Waals surface area contributed by atoms with Gasteiger partial charge in [0.1, 0.15) is 5.65 Å². The van der Waals surface area contributed by atoms with Gasteiger partial charge in [-0.25, -0.2) is 4.98 Å². The number of piperazine rings is 1. The molecule has 1 saturated heterocycles. The molecule has 2 aromatic heterocycles. The van der Waals surface area contributed by atoms with Gasteiger partial charge < -0.3 is 15.0 Å². The molecule has 1 aliphatic rings. The Morgan fingerprint density at radius 1 is 1.27 bits per heavy atom. The van der Waals surface area contributed by atoms with E-state index >= 15 is 0 Å². The predicted octanol–water partition coefficient (Wildman–Crippen LogP) is 2.23. The average Bonchev–Trinajstić information content (AvgIpc) is 2.89. The van der Waals surface area contributed by atoms with Crippen molar-refractivity contribution in [3.05, 3.63) is 24.5 Å². The number of nitrogens with zero attached hydrogens (tertiary/aromatic N) is 3. The van der Waals surface area contributed by atoms with Crippen molar-refractivity contribution in [3.63, 3.8) is 0 Å². The molecule has 2 atom stereocenters. The molecule has 0 bridgehead atoms. The molecule has 3 heterocycles. The number of H-pyrrole nitrogens is 1. The molecule has 0 unspecified atom stereocenters. The van der Waals surface area contributed by atoms with E-state index in [4.69, 9.17) is 0 Å². The summed E-state index contributed by atoms with van der Waals surface area (Å²) in [5, 5.41) is 11.3. The lowest BCUT2D eigenvalue weighted by atomic mass is 10.0. The van der Waals surface area contributed by atoms with Gasteiger partial charge >= 0.3 is 0 Å². The Morgan fingerprint density at radius 2 is 1.95 bits per heavy atom. The lowest BCUT2D eigenvalue weighted by molar-refractivity contribution is 0.00250. The highest BCUT2D eigenvalue weighted by molar-refractivity contribution is 5.89. The number of β-amino-alcohol motifs (C(OH)–C–C–N with tert-alkyl or cyclic N) is 1. The standard InChI is InChI=1S/C17H26N4O/c1-12-9-20(10-13(2)21(12)11-17(3,4)22)15-6-8-19-16-14(15)5-7-18-16/h5-8,12-13,22H,9-11H2,1-4H3,(H,18,19)/t12-,13+. The Bertz CT molecular complexity index is 633. The number of pyridine rings is 1. The van der Waals surface area contributed by atoms with Gasteiger partial charge in [-0.2, -0.15) is 0 Å². The van der Waals surface area contributed by atoms with Crippen LogP contribution in [0.1, 0.15) is 27.7 Å². The third kappa shape index (κ3) is 2.96. The first kappa shape index (κ1) is 15.3. The molecule has 22 heavy (non-hydrogen) atoms. The van der Waals surface area contributed by atoms with Crippen LogP contribution in [0.5, 0.6) is 0 Å². The van der Waals surface area contributed by atoms with Crippen LogP contribution in [0.2, 0.25) is 0 Å². The molecule has 0 amide bonds. The average molecular weight is 302 g/mol. The first-order valence-electron chi connectivity index (χ1n) is 8.00. The van der Waals surface area contributed by atoms with Gasteiger partial charge in [-0.15, -0.1) is 0 Å². The van der Waals surface area contributed by atoms with E-state index in [0.717, 1.165) is 18.7 Å².